The summed E-state index contributed by atoms with van der Waals surface area (Å²) in [6.45, 7) is 4.10. The number of halogens is 1. The molecule has 0 unspecified atom stereocenters. The summed E-state index contributed by atoms with van der Waals surface area (Å²) in [5.41, 5.74) is 5.14. The van der Waals surface area contributed by atoms with Crippen LogP contribution in [0, 0.1) is 13.8 Å². The third-order valence-electron chi connectivity index (χ3n) is 2.95. The molecule has 0 radical (unpaired) electrons. The summed E-state index contributed by atoms with van der Waals surface area (Å²) in [7, 11) is 0. The van der Waals surface area contributed by atoms with Crippen molar-refractivity contribution < 1.29 is 9.90 Å². The summed E-state index contributed by atoms with van der Waals surface area (Å²) in [6, 6.07) is 11.8. The lowest BCUT2D eigenvalue weighted by molar-refractivity contribution is -0.136. The van der Waals surface area contributed by atoms with Crippen LogP contribution in [0.4, 0.5) is 0 Å². The van der Waals surface area contributed by atoms with Gasteiger partial charge in [-0.25, -0.2) is 0 Å². The predicted octanol–water partition coefficient (Wildman–Crippen LogP) is 4.25. The van der Waals surface area contributed by atoms with E-state index in [9.17, 15) is 4.79 Å². The molecule has 2 aromatic rings. The molecule has 0 fully saturated rings. The fraction of sp³-hybridized carbons (Fsp3) is 0.188. The quantitative estimate of drug-likeness (QED) is 0.908. The largest absolute Gasteiger partial charge is 0.481 e. The average Bonchev–Trinajstić information content (AvgIpc) is 2.30. The summed E-state index contributed by atoms with van der Waals surface area (Å²) < 4.78 is 0. The van der Waals surface area contributed by atoms with Crippen molar-refractivity contribution in [1.29, 1.82) is 0 Å². The Morgan fingerprint density at radius 3 is 2.21 bits per heavy atom. The third kappa shape index (κ3) is 3.36. The molecular weight excluding hydrogens is 260 g/mol. The van der Waals surface area contributed by atoms with Crippen LogP contribution in [-0.2, 0) is 11.2 Å². The molecule has 1 N–H and O–H groups in total. The minimum atomic E-state index is -0.874. The molecule has 19 heavy (non-hydrogen) atoms. The molecule has 0 saturated heterocycles. The van der Waals surface area contributed by atoms with Crippen molar-refractivity contribution in [3.63, 3.8) is 0 Å². The van der Waals surface area contributed by atoms with Gasteiger partial charge in [0.05, 0.1) is 6.42 Å². The summed E-state index contributed by atoms with van der Waals surface area (Å²) in [5, 5.41) is 9.29. The fourth-order valence-electron chi connectivity index (χ4n) is 2.17. The number of aliphatic carboxylic acids is 1. The second-order valence-corrected chi connectivity index (χ2v) is 5.16. The van der Waals surface area contributed by atoms with Crippen molar-refractivity contribution in [3.8, 4) is 11.1 Å². The molecule has 2 nitrogen and oxygen atoms in total. The number of rotatable bonds is 3. The summed E-state index contributed by atoms with van der Waals surface area (Å²) >= 11 is 6.14. The molecule has 98 valence electrons. The SMILES string of the molecule is Cc1cc(C)cc(-c2ccc(CC(=O)O)c(Cl)c2)c1. The molecule has 2 rings (SSSR count). The predicted molar refractivity (Wildman–Crippen MR) is 77.7 cm³/mol. The number of hydrogen-bond acceptors (Lipinski definition) is 1. The van der Waals surface area contributed by atoms with Crippen LogP contribution in [0.15, 0.2) is 36.4 Å². The molecule has 0 spiro atoms. The first-order valence-electron chi connectivity index (χ1n) is 6.04. The summed E-state index contributed by atoms with van der Waals surface area (Å²) in [5.74, 6) is -0.874. The lowest BCUT2D eigenvalue weighted by Gasteiger charge is -2.08. The van der Waals surface area contributed by atoms with Crippen LogP contribution in [0.25, 0.3) is 11.1 Å². The van der Waals surface area contributed by atoms with Gasteiger partial charge in [0.1, 0.15) is 0 Å². The van der Waals surface area contributed by atoms with Crippen LogP contribution in [0.5, 0.6) is 0 Å². The maximum atomic E-state index is 10.7. The topological polar surface area (TPSA) is 37.3 Å². The number of carbonyl (C=O) groups is 1. The van der Waals surface area contributed by atoms with Crippen molar-refractivity contribution in [2.75, 3.05) is 0 Å². The molecular formula is C16H15ClO2. The fourth-order valence-corrected chi connectivity index (χ4v) is 2.42. The molecule has 0 aliphatic rings. The van der Waals surface area contributed by atoms with Crippen LogP contribution >= 0.6 is 11.6 Å². The highest BCUT2D eigenvalue weighted by Crippen LogP contribution is 2.27. The normalized spacial score (nSPS) is 10.5. The lowest BCUT2D eigenvalue weighted by Crippen LogP contribution is -2.00. The van der Waals surface area contributed by atoms with Gasteiger partial charge < -0.3 is 5.11 Å². The number of aryl methyl sites for hydroxylation is 2. The lowest BCUT2D eigenvalue weighted by atomic mass is 9.99. The maximum absolute atomic E-state index is 10.7. The van der Waals surface area contributed by atoms with Gasteiger partial charge in [-0.15, -0.1) is 0 Å². The highest BCUT2D eigenvalue weighted by atomic mass is 35.5. The molecule has 0 aliphatic heterocycles. The molecule has 0 saturated carbocycles. The third-order valence-corrected chi connectivity index (χ3v) is 3.30. The highest BCUT2D eigenvalue weighted by molar-refractivity contribution is 6.31. The smallest absolute Gasteiger partial charge is 0.307 e. The number of benzene rings is 2. The van der Waals surface area contributed by atoms with Crippen molar-refractivity contribution in [2.45, 2.75) is 20.3 Å². The minimum absolute atomic E-state index is 0.0496. The number of carboxylic acid groups (broad SMARTS) is 1. The van der Waals surface area contributed by atoms with Gasteiger partial charge in [-0.2, -0.15) is 0 Å². The van der Waals surface area contributed by atoms with Crippen LogP contribution in [-0.4, -0.2) is 11.1 Å². The van der Waals surface area contributed by atoms with Gasteiger partial charge in [0.2, 0.25) is 0 Å². The Kier molecular flexibility index (Phi) is 3.91. The van der Waals surface area contributed by atoms with E-state index in [-0.39, 0.29) is 6.42 Å². The zero-order valence-corrected chi connectivity index (χ0v) is 11.7. The molecule has 0 heterocycles. The van der Waals surface area contributed by atoms with Crippen molar-refractivity contribution in [1.82, 2.24) is 0 Å². The Hall–Kier alpha value is -1.80. The van der Waals surface area contributed by atoms with Crippen molar-refractivity contribution >= 4 is 17.6 Å². The molecule has 0 bridgehead atoms. The first kappa shape index (κ1) is 13.6. The zero-order valence-electron chi connectivity index (χ0n) is 10.9. The van der Waals surface area contributed by atoms with Gasteiger partial charge in [0.25, 0.3) is 0 Å². The molecule has 0 aliphatic carbocycles. The van der Waals surface area contributed by atoms with E-state index in [1.165, 1.54) is 11.1 Å². The Balaban J connectivity index is 2.41. The molecule has 2 aromatic carbocycles. The Morgan fingerprint density at radius 1 is 1.05 bits per heavy atom. The van der Waals surface area contributed by atoms with Crippen molar-refractivity contribution in [2.24, 2.45) is 0 Å². The van der Waals surface area contributed by atoms with Gasteiger partial charge in [-0.1, -0.05) is 53.1 Å². The van der Waals surface area contributed by atoms with Crippen LogP contribution in [0.2, 0.25) is 5.02 Å². The van der Waals surface area contributed by atoms with Gasteiger partial charge in [-0.05, 0) is 36.6 Å². The van der Waals surface area contributed by atoms with E-state index in [0.717, 1.165) is 11.1 Å². The minimum Gasteiger partial charge on any atom is -0.481 e. The Bertz CT molecular complexity index is 612. The first-order chi connectivity index (χ1) is 8.95. The van der Waals surface area contributed by atoms with E-state index in [2.05, 4.69) is 32.0 Å². The second kappa shape index (κ2) is 5.45. The van der Waals surface area contributed by atoms with E-state index in [4.69, 9.17) is 16.7 Å². The van der Waals surface area contributed by atoms with Gasteiger partial charge in [0.15, 0.2) is 0 Å². The Labute approximate surface area is 117 Å². The van der Waals surface area contributed by atoms with E-state index >= 15 is 0 Å². The van der Waals surface area contributed by atoms with E-state index in [1.807, 2.05) is 12.1 Å². The monoisotopic (exact) mass is 274 g/mol. The van der Waals surface area contributed by atoms with Crippen molar-refractivity contribution in [3.05, 3.63) is 58.1 Å². The van der Waals surface area contributed by atoms with Gasteiger partial charge >= 0.3 is 5.97 Å². The Morgan fingerprint density at radius 2 is 1.68 bits per heavy atom. The van der Waals surface area contributed by atoms with Crippen LogP contribution in [0.3, 0.4) is 0 Å². The van der Waals surface area contributed by atoms with E-state index < -0.39 is 5.97 Å². The number of hydrogen-bond donors (Lipinski definition) is 1. The summed E-state index contributed by atoms with van der Waals surface area (Å²) in [4.78, 5) is 10.7. The average molecular weight is 275 g/mol. The van der Waals surface area contributed by atoms with E-state index in [0.29, 0.717) is 10.6 Å². The molecule has 3 heteroatoms. The highest BCUT2D eigenvalue weighted by Gasteiger charge is 2.07. The number of carboxylic acids is 1. The first-order valence-corrected chi connectivity index (χ1v) is 6.42. The van der Waals surface area contributed by atoms with Crippen LogP contribution < -0.4 is 0 Å². The standard InChI is InChI=1S/C16H15ClO2/c1-10-5-11(2)7-14(6-10)12-3-4-13(9-16(18)19)15(17)8-12/h3-8H,9H2,1-2H3,(H,18,19). The molecule has 0 aromatic heterocycles. The maximum Gasteiger partial charge on any atom is 0.307 e. The molecule has 0 amide bonds. The zero-order chi connectivity index (χ0) is 14.0. The molecule has 0 atom stereocenters. The van der Waals surface area contributed by atoms with Gasteiger partial charge in [-0.3, -0.25) is 4.79 Å². The van der Waals surface area contributed by atoms with Gasteiger partial charge in [0, 0.05) is 5.02 Å². The van der Waals surface area contributed by atoms with E-state index in [1.54, 1.807) is 6.07 Å². The van der Waals surface area contributed by atoms with Crippen LogP contribution in [0.1, 0.15) is 16.7 Å². The second-order valence-electron chi connectivity index (χ2n) is 4.75. The summed E-state index contributed by atoms with van der Waals surface area (Å²) in [6.07, 6.45) is -0.0496.